The number of carbonyl (C=O) groups is 1. The molecule has 0 heterocycles. The third kappa shape index (κ3) is 4.35. The Morgan fingerprint density at radius 2 is 2.25 bits per heavy atom. The van der Waals surface area contributed by atoms with Crippen LogP contribution in [0.3, 0.4) is 0 Å². The van der Waals surface area contributed by atoms with E-state index in [9.17, 15) is 19.3 Å². The number of hydrogen-bond donors (Lipinski definition) is 2. The van der Waals surface area contributed by atoms with Crippen LogP contribution in [-0.2, 0) is 9.53 Å². The highest BCUT2D eigenvalue weighted by molar-refractivity contribution is 5.68. The standard InChI is InChI=1S/C11H13FN2O6/c1-19-10-5-8(9(14(17)18)4-7(10)12)13-2-3-20-6-11(15)16/h4-5,13H,2-3,6H2,1H3,(H,15,16). The zero-order valence-electron chi connectivity index (χ0n) is 10.6. The van der Waals surface area contributed by atoms with Crippen molar-refractivity contribution in [3.8, 4) is 5.75 Å². The number of nitro groups is 1. The molecule has 2 N–H and O–H groups in total. The number of carboxylic acids is 1. The molecule has 0 saturated heterocycles. The smallest absolute Gasteiger partial charge is 0.329 e. The van der Waals surface area contributed by atoms with Gasteiger partial charge >= 0.3 is 5.97 Å². The first-order chi connectivity index (χ1) is 9.45. The first-order valence-electron chi connectivity index (χ1n) is 5.51. The van der Waals surface area contributed by atoms with Crippen molar-refractivity contribution < 1.29 is 28.7 Å². The topological polar surface area (TPSA) is 111 Å². The van der Waals surface area contributed by atoms with E-state index in [1.165, 1.54) is 7.11 Å². The number of nitrogens with one attached hydrogen (secondary N) is 1. The van der Waals surface area contributed by atoms with Gasteiger partial charge in [0.15, 0.2) is 11.6 Å². The Bertz CT molecular complexity index is 508. The van der Waals surface area contributed by atoms with Crippen LogP contribution in [0, 0.1) is 15.9 Å². The zero-order chi connectivity index (χ0) is 15.1. The van der Waals surface area contributed by atoms with E-state index >= 15 is 0 Å². The van der Waals surface area contributed by atoms with Crippen molar-refractivity contribution in [3.63, 3.8) is 0 Å². The summed E-state index contributed by atoms with van der Waals surface area (Å²) < 4.78 is 22.9. The van der Waals surface area contributed by atoms with Crippen molar-refractivity contribution in [2.75, 3.05) is 32.2 Å². The average molecular weight is 288 g/mol. The summed E-state index contributed by atoms with van der Waals surface area (Å²) in [6.45, 7) is -0.303. The average Bonchev–Trinajstić information content (AvgIpc) is 2.38. The lowest BCUT2D eigenvalue weighted by Gasteiger charge is -2.09. The Morgan fingerprint density at radius 3 is 2.80 bits per heavy atom. The van der Waals surface area contributed by atoms with Crippen LogP contribution in [0.2, 0.25) is 0 Å². The molecule has 0 aliphatic heterocycles. The molecule has 110 valence electrons. The minimum absolute atomic E-state index is 0.0309. The van der Waals surface area contributed by atoms with Crippen molar-refractivity contribution in [1.82, 2.24) is 0 Å². The SMILES string of the molecule is COc1cc(NCCOCC(=O)O)c([N+](=O)[O-])cc1F. The van der Waals surface area contributed by atoms with Crippen molar-refractivity contribution in [3.05, 3.63) is 28.1 Å². The number of benzene rings is 1. The number of nitrogens with zero attached hydrogens (tertiary/aromatic N) is 1. The monoisotopic (exact) mass is 288 g/mol. The number of rotatable bonds is 8. The molecule has 8 nitrogen and oxygen atoms in total. The van der Waals surface area contributed by atoms with Gasteiger partial charge in [0.05, 0.1) is 24.7 Å². The van der Waals surface area contributed by atoms with E-state index in [1.54, 1.807) is 0 Å². The maximum Gasteiger partial charge on any atom is 0.329 e. The Morgan fingerprint density at radius 1 is 1.55 bits per heavy atom. The van der Waals surface area contributed by atoms with Crippen LogP contribution >= 0.6 is 0 Å². The number of carboxylic acid groups (broad SMARTS) is 1. The Kier molecular flexibility index (Phi) is 5.66. The predicted molar refractivity (Wildman–Crippen MR) is 66.6 cm³/mol. The third-order valence-electron chi connectivity index (χ3n) is 2.25. The molecule has 0 spiro atoms. The highest BCUT2D eigenvalue weighted by atomic mass is 19.1. The normalized spacial score (nSPS) is 10.1. The number of methoxy groups -OCH3 is 1. The lowest BCUT2D eigenvalue weighted by atomic mass is 10.2. The third-order valence-corrected chi connectivity index (χ3v) is 2.25. The van der Waals surface area contributed by atoms with E-state index in [-0.39, 0.29) is 24.6 Å². The molecule has 0 saturated carbocycles. The van der Waals surface area contributed by atoms with Gasteiger partial charge in [0, 0.05) is 12.6 Å². The van der Waals surface area contributed by atoms with Crippen LogP contribution in [0.5, 0.6) is 5.75 Å². The minimum Gasteiger partial charge on any atom is -0.494 e. The van der Waals surface area contributed by atoms with Gasteiger partial charge in [-0.05, 0) is 0 Å². The van der Waals surface area contributed by atoms with E-state index in [4.69, 9.17) is 14.6 Å². The highest BCUT2D eigenvalue weighted by Crippen LogP contribution is 2.31. The fourth-order valence-corrected chi connectivity index (χ4v) is 1.41. The van der Waals surface area contributed by atoms with Gasteiger partial charge in [-0.2, -0.15) is 0 Å². The molecule has 0 amide bonds. The number of hydrogen-bond acceptors (Lipinski definition) is 6. The molecule has 1 aromatic carbocycles. The van der Waals surface area contributed by atoms with Gasteiger partial charge in [-0.3, -0.25) is 10.1 Å². The number of nitro benzene ring substituents is 1. The van der Waals surface area contributed by atoms with E-state index in [0.29, 0.717) is 0 Å². The van der Waals surface area contributed by atoms with E-state index in [1.807, 2.05) is 0 Å². The molecule has 0 radical (unpaired) electrons. The van der Waals surface area contributed by atoms with Gasteiger partial charge in [-0.1, -0.05) is 0 Å². The lowest BCUT2D eigenvalue weighted by Crippen LogP contribution is -2.14. The minimum atomic E-state index is -1.11. The molecule has 0 aromatic heterocycles. The van der Waals surface area contributed by atoms with Gasteiger partial charge in [0.25, 0.3) is 5.69 Å². The van der Waals surface area contributed by atoms with Crippen LogP contribution in [0.1, 0.15) is 0 Å². The maximum absolute atomic E-state index is 13.4. The highest BCUT2D eigenvalue weighted by Gasteiger charge is 2.18. The quantitative estimate of drug-likeness (QED) is 0.420. The molecule has 0 bridgehead atoms. The summed E-state index contributed by atoms with van der Waals surface area (Å²) in [6.07, 6.45) is 0. The summed E-state index contributed by atoms with van der Waals surface area (Å²) in [5, 5.41) is 21.8. The molecule has 0 unspecified atom stereocenters. The molecule has 0 fully saturated rings. The molecule has 1 rings (SSSR count). The van der Waals surface area contributed by atoms with Gasteiger partial charge in [0.1, 0.15) is 12.3 Å². The first kappa shape index (κ1) is 15.6. The summed E-state index contributed by atoms with van der Waals surface area (Å²) in [7, 11) is 1.24. The molecular weight excluding hydrogens is 275 g/mol. The number of ether oxygens (including phenoxy) is 2. The Balaban J connectivity index is 2.72. The first-order valence-corrected chi connectivity index (χ1v) is 5.51. The van der Waals surface area contributed by atoms with Crippen LogP contribution in [0.4, 0.5) is 15.8 Å². The van der Waals surface area contributed by atoms with Gasteiger partial charge in [-0.15, -0.1) is 0 Å². The van der Waals surface area contributed by atoms with Crippen molar-refractivity contribution >= 4 is 17.3 Å². The number of anilines is 1. The largest absolute Gasteiger partial charge is 0.494 e. The van der Waals surface area contributed by atoms with Crippen LogP contribution in [-0.4, -0.2) is 42.9 Å². The molecule has 0 atom stereocenters. The van der Waals surface area contributed by atoms with Crippen LogP contribution in [0.25, 0.3) is 0 Å². The van der Waals surface area contributed by atoms with Crippen molar-refractivity contribution in [2.24, 2.45) is 0 Å². The molecule has 20 heavy (non-hydrogen) atoms. The summed E-state index contributed by atoms with van der Waals surface area (Å²) >= 11 is 0. The number of halogens is 1. The molecule has 9 heteroatoms. The fourth-order valence-electron chi connectivity index (χ4n) is 1.41. The summed E-state index contributed by atoms with van der Waals surface area (Å²) in [5.74, 6) is -2.09. The van der Waals surface area contributed by atoms with E-state index in [2.05, 4.69) is 5.32 Å². The van der Waals surface area contributed by atoms with Crippen molar-refractivity contribution in [2.45, 2.75) is 0 Å². The fraction of sp³-hybridized carbons (Fsp3) is 0.364. The molecule has 0 aliphatic rings. The predicted octanol–water partition coefficient (Wildman–Crippen LogP) is 1.26. The summed E-state index contributed by atoms with van der Waals surface area (Å²) in [4.78, 5) is 20.3. The van der Waals surface area contributed by atoms with Gasteiger partial charge < -0.3 is 19.9 Å². The van der Waals surface area contributed by atoms with E-state index in [0.717, 1.165) is 12.1 Å². The van der Waals surface area contributed by atoms with Crippen molar-refractivity contribution in [1.29, 1.82) is 0 Å². The van der Waals surface area contributed by atoms with Gasteiger partial charge in [-0.25, -0.2) is 9.18 Å². The summed E-state index contributed by atoms with van der Waals surface area (Å²) in [6, 6.07) is 1.91. The zero-order valence-corrected chi connectivity index (χ0v) is 10.6. The van der Waals surface area contributed by atoms with Gasteiger partial charge in [0.2, 0.25) is 0 Å². The van der Waals surface area contributed by atoms with Crippen LogP contribution in [0.15, 0.2) is 12.1 Å². The number of aliphatic carboxylic acids is 1. The molecule has 0 aliphatic carbocycles. The maximum atomic E-state index is 13.4. The molecular formula is C11H13FN2O6. The lowest BCUT2D eigenvalue weighted by molar-refractivity contribution is -0.384. The summed E-state index contributed by atoms with van der Waals surface area (Å²) in [5.41, 5.74) is -0.381. The Labute approximate surface area is 113 Å². The van der Waals surface area contributed by atoms with E-state index < -0.39 is 29.0 Å². The Hall–Kier alpha value is -2.42. The second kappa shape index (κ2) is 7.24. The second-order valence-electron chi connectivity index (χ2n) is 3.63. The second-order valence-corrected chi connectivity index (χ2v) is 3.63. The molecule has 1 aromatic rings. The van der Waals surface area contributed by atoms with Crippen LogP contribution < -0.4 is 10.1 Å².